The Morgan fingerprint density at radius 1 is 1.62 bits per heavy atom. The molecule has 0 aromatic carbocycles. The molecule has 1 rings (SSSR count). The van der Waals surface area contributed by atoms with Gasteiger partial charge in [-0.2, -0.15) is 0 Å². The second-order valence-corrected chi connectivity index (χ2v) is 4.19. The van der Waals surface area contributed by atoms with Gasteiger partial charge in [-0.15, -0.1) is 0 Å². The smallest absolute Gasteiger partial charge is 0.150 e. The third kappa shape index (κ3) is 2.56. The molecule has 4 nitrogen and oxygen atoms in total. The maximum absolute atomic E-state index is 10.6. The first-order valence-electron chi connectivity index (χ1n) is 4.39. The lowest BCUT2D eigenvalue weighted by Crippen LogP contribution is -2.31. The van der Waals surface area contributed by atoms with E-state index < -0.39 is 0 Å². The lowest BCUT2D eigenvalue weighted by atomic mass is 10.1. The van der Waals surface area contributed by atoms with Crippen molar-refractivity contribution in [2.45, 2.75) is 38.9 Å². The number of ether oxygens (including phenoxy) is 1. The summed E-state index contributed by atoms with van der Waals surface area (Å²) in [5.74, 6) is 7.38. The van der Waals surface area contributed by atoms with Crippen molar-refractivity contribution in [3.63, 3.8) is 0 Å². The van der Waals surface area contributed by atoms with Gasteiger partial charge >= 0.3 is 0 Å². The number of hydrogen-bond donors (Lipinski definition) is 1. The van der Waals surface area contributed by atoms with E-state index in [1.807, 2.05) is 26.7 Å². The van der Waals surface area contributed by atoms with Crippen molar-refractivity contribution >= 4 is 5.94 Å². The van der Waals surface area contributed by atoms with Crippen LogP contribution in [0.15, 0.2) is 5.70 Å². The summed E-state index contributed by atoms with van der Waals surface area (Å²) < 4.78 is 5.65. The fourth-order valence-electron chi connectivity index (χ4n) is 1.36. The number of carbonyl (C=O) groups excluding carboxylic acids is 1. The lowest BCUT2D eigenvalue weighted by molar-refractivity contribution is -0.0404. The molecule has 1 aliphatic heterocycles. The molecule has 0 radical (unpaired) electrons. The molecule has 1 atom stereocenters. The van der Waals surface area contributed by atoms with E-state index in [1.54, 1.807) is 0 Å². The molecule has 0 bridgehead atoms. The number of nitrogens with zero attached hydrogens (tertiary/aromatic N) is 1. The second kappa shape index (κ2) is 3.50. The highest BCUT2D eigenvalue weighted by Gasteiger charge is 2.31. The van der Waals surface area contributed by atoms with E-state index in [9.17, 15) is 4.79 Å². The minimum atomic E-state index is -0.252. The van der Waals surface area contributed by atoms with E-state index in [1.165, 1.54) is 5.01 Å². The van der Waals surface area contributed by atoms with Gasteiger partial charge in [0.15, 0.2) is 0 Å². The van der Waals surface area contributed by atoms with Crippen LogP contribution in [-0.2, 0) is 9.53 Å². The van der Waals surface area contributed by atoms with Crippen molar-refractivity contribution in [1.82, 2.24) is 5.01 Å². The second-order valence-electron chi connectivity index (χ2n) is 4.19. The van der Waals surface area contributed by atoms with Gasteiger partial charge in [0.25, 0.3) is 0 Å². The number of rotatable bonds is 1. The molecule has 0 saturated carbocycles. The van der Waals surface area contributed by atoms with Gasteiger partial charge in [0.1, 0.15) is 17.7 Å². The van der Waals surface area contributed by atoms with E-state index in [-0.39, 0.29) is 11.7 Å². The Labute approximate surface area is 78.3 Å². The Morgan fingerprint density at radius 3 is 2.69 bits per heavy atom. The summed E-state index contributed by atoms with van der Waals surface area (Å²) >= 11 is 0. The van der Waals surface area contributed by atoms with Gasteiger partial charge in [-0.1, -0.05) is 0 Å². The summed E-state index contributed by atoms with van der Waals surface area (Å²) in [6.07, 6.45) is 0.570. The molecule has 4 heteroatoms. The van der Waals surface area contributed by atoms with Gasteiger partial charge in [-0.25, -0.2) is 10.6 Å². The first kappa shape index (κ1) is 10.3. The molecule has 1 fully saturated rings. The largest absolute Gasteiger partial charge is 0.365 e. The molecule has 1 unspecified atom stereocenters. The third-order valence-corrected chi connectivity index (χ3v) is 1.85. The predicted octanol–water partition coefficient (Wildman–Crippen LogP) is 0.465. The standard InChI is InChI=1S/C9H16N2O2/c1-9(2,3)13-8-4-5-11(10)7(8)6-12/h8H,4-5,10H2,1-3H3. The minimum Gasteiger partial charge on any atom is -0.365 e. The molecule has 0 aromatic rings. The van der Waals surface area contributed by atoms with Crippen LogP contribution in [0.2, 0.25) is 0 Å². The Balaban J connectivity index is 2.68. The number of nitrogens with two attached hydrogens (primary N) is 1. The quantitative estimate of drug-likeness (QED) is 0.475. The number of hydrogen-bond acceptors (Lipinski definition) is 4. The van der Waals surface area contributed by atoms with Crippen molar-refractivity contribution < 1.29 is 9.53 Å². The molecule has 0 amide bonds. The Hall–Kier alpha value is -0.830. The van der Waals surface area contributed by atoms with Crippen LogP contribution in [0.1, 0.15) is 27.2 Å². The summed E-state index contributed by atoms with van der Waals surface area (Å²) in [4.78, 5) is 10.6. The minimum absolute atomic E-state index is 0.192. The predicted molar refractivity (Wildman–Crippen MR) is 49.3 cm³/mol. The first-order chi connectivity index (χ1) is 5.94. The monoisotopic (exact) mass is 184 g/mol. The molecule has 2 N–H and O–H groups in total. The molecule has 1 heterocycles. The molecule has 1 saturated heterocycles. The first-order valence-corrected chi connectivity index (χ1v) is 4.39. The number of hydrazine groups is 1. The van der Waals surface area contributed by atoms with Crippen molar-refractivity contribution in [3.05, 3.63) is 5.70 Å². The van der Waals surface area contributed by atoms with Gasteiger partial charge < -0.3 is 9.75 Å². The van der Waals surface area contributed by atoms with Gasteiger partial charge in [0.05, 0.1) is 5.60 Å². The molecular formula is C9H16N2O2. The van der Waals surface area contributed by atoms with Crippen molar-refractivity contribution in [2.75, 3.05) is 6.54 Å². The van der Waals surface area contributed by atoms with E-state index in [0.717, 1.165) is 6.42 Å². The van der Waals surface area contributed by atoms with Crippen molar-refractivity contribution in [2.24, 2.45) is 5.84 Å². The summed E-state index contributed by atoms with van der Waals surface area (Å²) in [5.41, 5.74) is 0.174. The maximum atomic E-state index is 10.6. The van der Waals surface area contributed by atoms with E-state index in [2.05, 4.69) is 0 Å². The molecule has 74 valence electrons. The highest BCUT2D eigenvalue weighted by atomic mass is 16.5. The normalized spacial score (nSPS) is 23.5. The third-order valence-electron chi connectivity index (χ3n) is 1.85. The fraction of sp³-hybridized carbons (Fsp3) is 0.778. The zero-order valence-corrected chi connectivity index (χ0v) is 8.33. The molecule has 1 aliphatic rings. The molecule has 13 heavy (non-hydrogen) atoms. The zero-order valence-electron chi connectivity index (χ0n) is 8.33. The van der Waals surface area contributed by atoms with Gasteiger partial charge in [0, 0.05) is 6.54 Å². The van der Waals surface area contributed by atoms with Crippen molar-refractivity contribution in [3.8, 4) is 0 Å². The van der Waals surface area contributed by atoms with Gasteiger partial charge in [-0.3, -0.25) is 0 Å². The summed E-state index contributed by atoms with van der Waals surface area (Å²) in [7, 11) is 0. The van der Waals surface area contributed by atoms with Crippen molar-refractivity contribution in [1.29, 1.82) is 0 Å². The Morgan fingerprint density at radius 2 is 2.23 bits per heavy atom. The van der Waals surface area contributed by atoms with E-state index in [4.69, 9.17) is 10.6 Å². The fourth-order valence-corrected chi connectivity index (χ4v) is 1.36. The lowest BCUT2D eigenvalue weighted by Gasteiger charge is -2.24. The van der Waals surface area contributed by atoms with Gasteiger partial charge in [-0.05, 0) is 27.2 Å². The SMILES string of the molecule is CC(C)(C)OC1CCN(N)C1=C=O. The highest BCUT2D eigenvalue weighted by Crippen LogP contribution is 2.23. The molecule has 0 spiro atoms. The Kier molecular flexibility index (Phi) is 2.76. The van der Waals surface area contributed by atoms with Crippen LogP contribution in [0.25, 0.3) is 0 Å². The molecule has 0 aromatic heterocycles. The van der Waals surface area contributed by atoms with E-state index >= 15 is 0 Å². The summed E-state index contributed by atoms with van der Waals surface area (Å²) in [5, 5.41) is 1.41. The molecular weight excluding hydrogens is 168 g/mol. The average Bonchev–Trinajstić information content (AvgIpc) is 2.28. The van der Waals surface area contributed by atoms with Crippen LogP contribution < -0.4 is 5.84 Å². The van der Waals surface area contributed by atoms with E-state index in [0.29, 0.717) is 12.2 Å². The zero-order chi connectivity index (χ0) is 10.1. The van der Waals surface area contributed by atoms with Crippen LogP contribution in [0, 0.1) is 0 Å². The average molecular weight is 184 g/mol. The summed E-state index contributed by atoms with van der Waals surface area (Å²) in [6, 6.07) is 0. The van der Waals surface area contributed by atoms with Crippen LogP contribution >= 0.6 is 0 Å². The van der Waals surface area contributed by atoms with Crippen LogP contribution in [0.3, 0.4) is 0 Å². The summed E-state index contributed by atoms with van der Waals surface area (Å²) in [6.45, 7) is 6.52. The van der Waals surface area contributed by atoms with Crippen LogP contribution in [-0.4, -0.2) is 29.2 Å². The highest BCUT2D eigenvalue weighted by molar-refractivity contribution is 5.54. The van der Waals surface area contributed by atoms with Crippen LogP contribution in [0.4, 0.5) is 0 Å². The van der Waals surface area contributed by atoms with Crippen LogP contribution in [0.5, 0.6) is 0 Å². The molecule has 0 aliphatic carbocycles. The topological polar surface area (TPSA) is 55.6 Å². The van der Waals surface area contributed by atoms with Gasteiger partial charge in [0.2, 0.25) is 0 Å². The Bertz CT molecular complexity index is 238. The maximum Gasteiger partial charge on any atom is 0.150 e.